The van der Waals surface area contributed by atoms with Gasteiger partial charge in [-0.25, -0.2) is 8.42 Å². The van der Waals surface area contributed by atoms with Gasteiger partial charge in [0.25, 0.3) is 10.0 Å². The highest BCUT2D eigenvalue weighted by molar-refractivity contribution is 9.10. The molecule has 0 unspecified atom stereocenters. The van der Waals surface area contributed by atoms with Gasteiger partial charge in [0.15, 0.2) is 0 Å². The zero-order valence-electron chi connectivity index (χ0n) is 5.41. The minimum atomic E-state index is -3.79. The number of hydrogen-bond donors (Lipinski definition) is 0. The van der Waals surface area contributed by atoms with Gasteiger partial charge in [0.1, 0.15) is 0 Å². The highest BCUT2D eigenvalue weighted by Gasteiger charge is 2.06. The average molecular weight is 235 g/mol. The largest absolute Gasteiger partial charge is 0.254 e. The summed E-state index contributed by atoms with van der Waals surface area (Å²) < 4.78 is 22.0. The van der Waals surface area contributed by atoms with Crippen LogP contribution < -0.4 is 5.14 Å². The average Bonchev–Trinajstić information content (AvgIpc) is 1.86. The second-order valence-electron chi connectivity index (χ2n) is 1.96. The number of halogens is 1. The van der Waals surface area contributed by atoms with E-state index < -0.39 is 10.0 Å². The number of rotatable bonds is 1. The van der Waals surface area contributed by atoms with Gasteiger partial charge in [-0.05, 0) is 24.3 Å². The number of sulfonamides is 1. The molecule has 11 heavy (non-hydrogen) atoms. The first-order chi connectivity index (χ1) is 5.00. The summed E-state index contributed by atoms with van der Waals surface area (Å²) in [6, 6.07) is 5.93. The van der Waals surface area contributed by atoms with Gasteiger partial charge in [0, 0.05) is 4.47 Å². The molecule has 0 heterocycles. The van der Waals surface area contributed by atoms with Crippen molar-refractivity contribution in [1.29, 1.82) is 0 Å². The van der Waals surface area contributed by atoms with Crippen molar-refractivity contribution >= 4 is 26.0 Å². The summed E-state index contributed by atoms with van der Waals surface area (Å²) in [5.41, 5.74) is 0. The minimum absolute atomic E-state index is 0.0145. The molecule has 0 spiro atoms. The van der Waals surface area contributed by atoms with E-state index in [-0.39, 0.29) is 4.90 Å². The Morgan fingerprint density at radius 1 is 1.18 bits per heavy atom. The highest BCUT2D eigenvalue weighted by Crippen LogP contribution is 2.13. The Morgan fingerprint density at radius 2 is 1.64 bits per heavy atom. The van der Waals surface area contributed by atoms with Crippen molar-refractivity contribution in [3.8, 4) is 0 Å². The molecule has 1 rings (SSSR count). The predicted molar refractivity (Wildman–Crippen MR) is 44.4 cm³/mol. The highest BCUT2D eigenvalue weighted by atomic mass is 79.9. The Bertz CT molecular complexity index is 343. The molecule has 0 saturated carbocycles. The number of nitrogens with one attached hydrogen (secondary N) is 1. The second-order valence-corrected chi connectivity index (χ2v) is 4.35. The molecular weight excluding hydrogens is 230 g/mol. The number of hydrogen-bond acceptors (Lipinski definition) is 2. The molecule has 0 aliphatic rings. The maximum absolute atomic E-state index is 10.6. The van der Waals surface area contributed by atoms with Gasteiger partial charge in [0.2, 0.25) is 0 Å². The van der Waals surface area contributed by atoms with E-state index in [4.69, 9.17) is 5.14 Å². The van der Waals surface area contributed by atoms with Crippen molar-refractivity contribution in [1.82, 2.24) is 5.14 Å². The summed E-state index contributed by atoms with van der Waals surface area (Å²) in [5, 5.41) is 6.70. The lowest BCUT2D eigenvalue weighted by molar-refractivity contribution is 0.596. The summed E-state index contributed by atoms with van der Waals surface area (Å²) in [6.45, 7) is 0. The van der Waals surface area contributed by atoms with Crippen molar-refractivity contribution in [2.24, 2.45) is 0 Å². The third kappa shape index (κ3) is 2.28. The third-order valence-electron chi connectivity index (χ3n) is 1.12. The van der Waals surface area contributed by atoms with Gasteiger partial charge in [-0.2, -0.15) is 0 Å². The molecule has 0 amide bonds. The molecule has 0 aliphatic carbocycles. The predicted octanol–water partition coefficient (Wildman–Crippen LogP) is 1.42. The Kier molecular flexibility index (Phi) is 2.31. The Morgan fingerprint density at radius 3 is 2.00 bits per heavy atom. The van der Waals surface area contributed by atoms with Crippen LogP contribution in [0.4, 0.5) is 0 Å². The van der Waals surface area contributed by atoms with Crippen LogP contribution in [-0.2, 0) is 10.0 Å². The van der Waals surface area contributed by atoms with E-state index in [2.05, 4.69) is 15.9 Å². The first kappa shape index (κ1) is 8.70. The van der Waals surface area contributed by atoms with Crippen LogP contribution in [0.2, 0.25) is 0 Å². The molecule has 1 radical (unpaired) electrons. The van der Waals surface area contributed by atoms with Gasteiger partial charge >= 0.3 is 0 Å². The lowest BCUT2D eigenvalue weighted by atomic mass is 10.4. The van der Waals surface area contributed by atoms with Crippen LogP contribution in [0.25, 0.3) is 0 Å². The molecule has 0 aliphatic heterocycles. The fraction of sp³-hybridized carbons (Fsp3) is 0. The van der Waals surface area contributed by atoms with E-state index in [1.165, 1.54) is 12.1 Å². The molecule has 3 nitrogen and oxygen atoms in total. The zero-order valence-corrected chi connectivity index (χ0v) is 7.81. The van der Waals surface area contributed by atoms with Crippen molar-refractivity contribution < 1.29 is 8.42 Å². The molecule has 1 aromatic carbocycles. The van der Waals surface area contributed by atoms with E-state index in [1.54, 1.807) is 12.1 Å². The Balaban J connectivity index is 3.20. The Hall–Kier alpha value is -0.390. The molecule has 1 N–H and O–H groups in total. The summed E-state index contributed by atoms with van der Waals surface area (Å²) in [7, 11) is -3.79. The monoisotopic (exact) mass is 234 g/mol. The van der Waals surface area contributed by atoms with Crippen molar-refractivity contribution in [2.75, 3.05) is 0 Å². The molecule has 0 fully saturated rings. The summed E-state index contributed by atoms with van der Waals surface area (Å²) >= 11 is 3.16. The fourth-order valence-corrected chi connectivity index (χ4v) is 1.37. The SMILES string of the molecule is [NH]S(=O)(=O)c1ccc(Br)cc1. The smallest absolute Gasteiger partial charge is 0.206 e. The lowest BCUT2D eigenvalue weighted by Gasteiger charge is -1.94. The second kappa shape index (κ2) is 2.92. The van der Waals surface area contributed by atoms with Crippen LogP contribution >= 0.6 is 15.9 Å². The van der Waals surface area contributed by atoms with E-state index in [0.29, 0.717) is 0 Å². The van der Waals surface area contributed by atoms with Crippen LogP contribution in [0, 0.1) is 0 Å². The lowest BCUT2D eigenvalue weighted by Crippen LogP contribution is -1.99. The van der Waals surface area contributed by atoms with E-state index in [9.17, 15) is 8.42 Å². The quantitative estimate of drug-likeness (QED) is 0.739. The van der Waals surface area contributed by atoms with Crippen LogP contribution in [0.15, 0.2) is 33.6 Å². The third-order valence-corrected chi connectivity index (χ3v) is 2.55. The summed E-state index contributed by atoms with van der Waals surface area (Å²) in [4.78, 5) is 0.0145. The molecule has 0 atom stereocenters. The molecule has 1 aromatic rings. The summed E-state index contributed by atoms with van der Waals surface area (Å²) in [6.07, 6.45) is 0. The van der Waals surface area contributed by atoms with Gasteiger partial charge in [0.05, 0.1) is 4.90 Å². The van der Waals surface area contributed by atoms with Gasteiger partial charge in [-0.15, -0.1) is 5.14 Å². The Labute approximate surface area is 73.4 Å². The van der Waals surface area contributed by atoms with E-state index in [1.807, 2.05) is 0 Å². The minimum Gasteiger partial charge on any atom is -0.206 e. The van der Waals surface area contributed by atoms with Crippen molar-refractivity contribution in [3.63, 3.8) is 0 Å². The zero-order chi connectivity index (χ0) is 8.48. The molecule has 0 bridgehead atoms. The van der Waals surface area contributed by atoms with Crippen LogP contribution in [-0.4, -0.2) is 8.42 Å². The molecular formula is C6H5BrNO2S. The van der Waals surface area contributed by atoms with E-state index in [0.717, 1.165) is 4.47 Å². The molecule has 59 valence electrons. The van der Waals surface area contributed by atoms with Gasteiger partial charge < -0.3 is 0 Å². The van der Waals surface area contributed by atoms with Crippen LogP contribution in [0.1, 0.15) is 0 Å². The molecule has 0 saturated heterocycles. The number of benzene rings is 1. The fourth-order valence-electron chi connectivity index (χ4n) is 0.614. The van der Waals surface area contributed by atoms with Gasteiger partial charge in [-0.1, -0.05) is 15.9 Å². The normalized spacial score (nSPS) is 11.5. The van der Waals surface area contributed by atoms with Crippen LogP contribution in [0.5, 0.6) is 0 Å². The van der Waals surface area contributed by atoms with Crippen molar-refractivity contribution in [3.05, 3.63) is 28.7 Å². The van der Waals surface area contributed by atoms with Crippen molar-refractivity contribution in [2.45, 2.75) is 4.90 Å². The molecule has 0 aromatic heterocycles. The first-order valence-electron chi connectivity index (χ1n) is 2.75. The maximum Gasteiger partial charge on any atom is 0.254 e. The molecule has 5 heteroatoms. The first-order valence-corrected chi connectivity index (χ1v) is 5.03. The van der Waals surface area contributed by atoms with Gasteiger partial charge in [-0.3, -0.25) is 0 Å². The van der Waals surface area contributed by atoms with Crippen LogP contribution in [0.3, 0.4) is 0 Å². The standard InChI is InChI=1S/C6H5BrNO2S/c7-5-1-3-6(4-2-5)11(8,9)10/h1-4,8H. The topological polar surface area (TPSA) is 57.9 Å². The maximum atomic E-state index is 10.6. The van der Waals surface area contributed by atoms with E-state index >= 15 is 0 Å². The summed E-state index contributed by atoms with van der Waals surface area (Å²) in [5.74, 6) is 0.